The van der Waals surface area contributed by atoms with Crippen molar-refractivity contribution in [1.29, 1.82) is 0 Å². The lowest BCUT2D eigenvalue weighted by atomic mass is 10.1. The maximum Gasteiger partial charge on any atom is 0.122 e. The van der Waals surface area contributed by atoms with Gasteiger partial charge in [-0.2, -0.15) is 0 Å². The van der Waals surface area contributed by atoms with Crippen LogP contribution in [0.4, 0.5) is 0 Å². The van der Waals surface area contributed by atoms with Crippen LogP contribution in [0, 0.1) is 0 Å². The fourth-order valence-electron chi connectivity index (χ4n) is 2.64. The summed E-state index contributed by atoms with van der Waals surface area (Å²) < 4.78 is 2.28. The van der Waals surface area contributed by atoms with Gasteiger partial charge in [0.15, 0.2) is 0 Å². The predicted octanol–water partition coefficient (Wildman–Crippen LogP) is 4.52. The minimum absolute atomic E-state index is 0.866. The lowest BCUT2D eigenvalue weighted by molar-refractivity contribution is 0.525. The lowest BCUT2D eigenvalue weighted by Crippen LogP contribution is -2.12. The Kier molecular flexibility index (Phi) is 10.3. The number of imidazole rings is 1. The summed E-state index contributed by atoms with van der Waals surface area (Å²) in [4.78, 5) is 4.37. The number of hydrogen-bond donors (Lipinski definition) is 1. The molecule has 0 radical (unpaired) electrons. The molecule has 1 N–H and O–H groups in total. The van der Waals surface area contributed by atoms with Gasteiger partial charge in [0.2, 0.25) is 0 Å². The number of unbranched alkanes of at least 4 members (excludes halogenated alkanes) is 9. The first kappa shape index (κ1) is 17.2. The van der Waals surface area contributed by atoms with Crippen LogP contribution in [-0.4, -0.2) is 16.6 Å². The van der Waals surface area contributed by atoms with E-state index in [9.17, 15) is 0 Å². The smallest absolute Gasteiger partial charge is 0.122 e. The standard InChI is InChI=1S/C17H33N3/c1-3-4-5-6-7-8-9-10-11-12-14-20-15-13-19-17(20)16-18-2/h13,15,18H,3-12,14,16H2,1-2H3. The molecule has 20 heavy (non-hydrogen) atoms. The average Bonchev–Trinajstić information content (AvgIpc) is 2.89. The van der Waals surface area contributed by atoms with E-state index in [2.05, 4.69) is 28.0 Å². The van der Waals surface area contributed by atoms with Crippen molar-refractivity contribution in [3.8, 4) is 0 Å². The monoisotopic (exact) mass is 279 g/mol. The van der Waals surface area contributed by atoms with Crippen LogP contribution in [0.2, 0.25) is 0 Å². The Balaban J connectivity index is 1.93. The summed E-state index contributed by atoms with van der Waals surface area (Å²) in [5.74, 6) is 1.16. The predicted molar refractivity (Wildman–Crippen MR) is 86.8 cm³/mol. The van der Waals surface area contributed by atoms with Gasteiger partial charge >= 0.3 is 0 Å². The van der Waals surface area contributed by atoms with Crippen molar-refractivity contribution in [3.63, 3.8) is 0 Å². The third-order valence-electron chi connectivity index (χ3n) is 3.89. The van der Waals surface area contributed by atoms with Crippen molar-refractivity contribution < 1.29 is 0 Å². The van der Waals surface area contributed by atoms with Crippen molar-refractivity contribution in [2.24, 2.45) is 0 Å². The molecule has 1 aromatic heterocycles. The second-order valence-electron chi connectivity index (χ2n) is 5.75. The van der Waals surface area contributed by atoms with Crippen LogP contribution in [0.15, 0.2) is 12.4 Å². The number of nitrogens with zero attached hydrogens (tertiary/aromatic N) is 2. The summed E-state index contributed by atoms with van der Waals surface area (Å²) in [6.45, 7) is 4.26. The van der Waals surface area contributed by atoms with Crippen LogP contribution in [0.25, 0.3) is 0 Å². The van der Waals surface area contributed by atoms with Gasteiger partial charge in [-0.1, -0.05) is 64.7 Å². The maximum absolute atomic E-state index is 4.37. The molecule has 0 amide bonds. The lowest BCUT2D eigenvalue weighted by Gasteiger charge is -2.07. The molecular weight excluding hydrogens is 246 g/mol. The molecule has 0 saturated carbocycles. The van der Waals surface area contributed by atoms with Crippen molar-refractivity contribution in [2.75, 3.05) is 7.05 Å². The Morgan fingerprint density at radius 1 is 0.950 bits per heavy atom. The fraction of sp³-hybridized carbons (Fsp3) is 0.824. The zero-order valence-electron chi connectivity index (χ0n) is 13.5. The molecular formula is C17H33N3. The highest BCUT2D eigenvalue weighted by molar-refractivity contribution is 4.91. The number of rotatable bonds is 13. The molecule has 0 saturated heterocycles. The van der Waals surface area contributed by atoms with Crippen molar-refractivity contribution >= 4 is 0 Å². The third-order valence-corrected chi connectivity index (χ3v) is 3.89. The second-order valence-corrected chi connectivity index (χ2v) is 5.75. The molecule has 116 valence electrons. The first-order valence-corrected chi connectivity index (χ1v) is 8.53. The molecule has 0 aliphatic rings. The zero-order valence-corrected chi connectivity index (χ0v) is 13.5. The van der Waals surface area contributed by atoms with E-state index in [-0.39, 0.29) is 0 Å². The number of hydrogen-bond acceptors (Lipinski definition) is 2. The van der Waals surface area contributed by atoms with Gasteiger partial charge < -0.3 is 9.88 Å². The van der Waals surface area contributed by atoms with E-state index in [1.165, 1.54) is 64.2 Å². The third kappa shape index (κ3) is 7.68. The molecule has 0 spiro atoms. The van der Waals surface area contributed by atoms with Crippen LogP contribution < -0.4 is 5.32 Å². The van der Waals surface area contributed by atoms with E-state index in [1.807, 2.05) is 13.2 Å². The summed E-state index contributed by atoms with van der Waals surface area (Å²) in [7, 11) is 1.97. The fourth-order valence-corrected chi connectivity index (χ4v) is 2.64. The first-order chi connectivity index (χ1) is 9.88. The Labute approximate surface area is 125 Å². The van der Waals surface area contributed by atoms with Crippen LogP contribution >= 0.6 is 0 Å². The number of aryl methyl sites for hydroxylation is 1. The molecule has 0 aromatic carbocycles. The van der Waals surface area contributed by atoms with Crippen molar-refractivity contribution in [1.82, 2.24) is 14.9 Å². The van der Waals surface area contributed by atoms with Crippen LogP contribution in [-0.2, 0) is 13.1 Å². The van der Waals surface area contributed by atoms with Gasteiger partial charge in [0, 0.05) is 18.9 Å². The maximum atomic E-state index is 4.37. The van der Waals surface area contributed by atoms with Crippen LogP contribution in [0.3, 0.4) is 0 Å². The Hall–Kier alpha value is -0.830. The molecule has 0 aliphatic heterocycles. The number of aromatic nitrogens is 2. The Morgan fingerprint density at radius 2 is 1.55 bits per heavy atom. The van der Waals surface area contributed by atoms with Gasteiger partial charge in [0.1, 0.15) is 5.82 Å². The van der Waals surface area contributed by atoms with Gasteiger partial charge in [-0.15, -0.1) is 0 Å². The van der Waals surface area contributed by atoms with E-state index >= 15 is 0 Å². The highest BCUT2D eigenvalue weighted by Crippen LogP contribution is 2.11. The molecule has 0 atom stereocenters. The molecule has 0 fully saturated rings. The minimum Gasteiger partial charge on any atom is -0.334 e. The minimum atomic E-state index is 0.866. The number of nitrogens with one attached hydrogen (secondary N) is 1. The summed E-state index contributed by atoms with van der Waals surface area (Å²) in [5, 5.41) is 3.17. The molecule has 1 heterocycles. The molecule has 1 rings (SSSR count). The van der Waals surface area contributed by atoms with E-state index in [0.29, 0.717) is 0 Å². The van der Waals surface area contributed by atoms with E-state index < -0.39 is 0 Å². The summed E-state index contributed by atoms with van der Waals surface area (Å²) >= 11 is 0. The first-order valence-electron chi connectivity index (χ1n) is 8.53. The molecule has 3 heteroatoms. The molecule has 0 unspecified atom stereocenters. The quantitative estimate of drug-likeness (QED) is 0.538. The van der Waals surface area contributed by atoms with Crippen molar-refractivity contribution in [2.45, 2.75) is 84.2 Å². The van der Waals surface area contributed by atoms with Crippen LogP contribution in [0.5, 0.6) is 0 Å². The van der Waals surface area contributed by atoms with Gasteiger partial charge in [-0.3, -0.25) is 0 Å². The van der Waals surface area contributed by atoms with Gasteiger partial charge in [-0.05, 0) is 13.5 Å². The van der Waals surface area contributed by atoms with E-state index in [4.69, 9.17) is 0 Å². The second kappa shape index (κ2) is 12.0. The van der Waals surface area contributed by atoms with E-state index in [0.717, 1.165) is 18.9 Å². The van der Waals surface area contributed by atoms with Gasteiger partial charge in [0.05, 0.1) is 6.54 Å². The summed E-state index contributed by atoms with van der Waals surface area (Å²) in [6.07, 6.45) is 18.0. The normalized spacial score (nSPS) is 11.1. The Morgan fingerprint density at radius 3 is 2.15 bits per heavy atom. The zero-order chi connectivity index (χ0) is 14.5. The summed E-state index contributed by atoms with van der Waals surface area (Å²) in [5.41, 5.74) is 0. The van der Waals surface area contributed by atoms with Crippen molar-refractivity contribution in [3.05, 3.63) is 18.2 Å². The van der Waals surface area contributed by atoms with Gasteiger partial charge in [-0.25, -0.2) is 4.98 Å². The molecule has 0 aliphatic carbocycles. The Bertz CT molecular complexity index is 320. The largest absolute Gasteiger partial charge is 0.334 e. The highest BCUT2D eigenvalue weighted by Gasteiger charge is 2.00. The summed E-state index contributed by atoms with van der Waals surface area (Å²) in [6, 6.07) is 0. The average molecular weight is 279 g/mol. The highest BCUT2D eigenvalue weighted by atomic mass is 15.1. The topological polar surface area (TPSA) is 29.9 Å². The molecule has 0 bridgehead atoms. The molecule has 1 aromatic rings. The van der Waals surface area contributed by atoms with Crippen LogP contribution in [0.1, 0.15) is 77.0 Å². The molecule has 3 nitrogen and oxygen atoms in total. The SMILES string of the molecule is CCCCCCCCCCCCn1ccnc1CNC. The van der Waals surface area contributed by atoms with Gasteiger partial charge in [0.25, 0.3) is 0 Å². The van der Waals surface area contributed by atoms with E-state index in [1.54, 1.807) is 0 Å².